The molecule has 0 radical (unpaired) electrons. The number of carbonyl (C=O) groups excluding carboxylic acids is 1. The average molecular weight is 350 g/mol. The summed E-state index contributed by atoms with van der Waals surface area (Å²) >= 11 is 0. The quantitative estimate of drug-likeness (QED) is 0.634. The van der Waals surface area contributed by atoms with Gasteiger partial charge >= 0.3 is 5.97 Å². The monoisotopic (exact) mass is 350 g/mol. The second-order valence-corrected chi connectivity index (χ2v) is 5.71. The average Bonchev–Trinajstić information content (AvgIpc) is 2.61. The summed E-state index contributed by atoms with van der Waals surface area (Å²) in [6.45, 7) is 3.81. The molecule has 0 atom stereocenters. The molecule has 0 unspecified atom stereocenters. The molecule has 2 N–H and O–H groups in total. The van der Waals surface area contributed by atoms with E-state index in [0.29, 0.717) is 11.3 Å². The van der Waals surface area contributed by atoms with Gasteiger partial charge in [-0.1, -0.05) is 23.8 Å². The molecule has 0 saturated carbocycles. The SMILES string of the molecule is COc1ccc(/C=C(\C#N)C(=O)Nc2ccc(C)cc2C)cc1C(=O)O. The zero-order chi connectivity index (χ0) is 19.3. The fourth-order valence-electron chi connectivity index (χ4n) is 2.44. The minimum atomic E-state index is -1.16. The third-order valence-electron chi connectivity index (χ3n) is 3.76. The molecule has 132 valence electrons. The fraction of sp³-hybridized carbons (Fsp3) is 0.150. The van der Waals surface area contributed by atoms with Crippen molar-refractivity contribution in [2.45, 2.75) is 13.8 Å². The zero-order valence-corrected chi connectivity index (χ0v) is 14.7. The number of hydrogen-bond acceptors (Lipinski definition) is 4. The largest absolute Gasteiger partial charge is 0.496 e. The molecule has 0 aliphatic rings. The third-order valence-corrected chi connectivity index (χ3v) is 3.76. The molecule has 26 heavy (non-hydrogen) atoms. The number of carboxylic acids is 1. The lowest BCUT2D eigenvalue weighted by Crippen LogP contribution is -2.14. The Morgan fingerprint density at radius 2 is 1.92 bits per heavy atom. The van der Waals surface area contributed by atoms with Crippen LogP contribution in [0.25, 0.3) is 6.08 Å². The predicted octanol–water partition coefficient (Wildman–Crippen LogP) is 3.56. The van der Waals surface area contributed by atoms with E-state index in [0.717, 1.165) is 11.1 Å². The van der Waals surface area contributed by atoms with Gasteiger partial charge in [0.25, 0.3) is 5.91 Å². The van der Waals surface area contributed by atoms with Crippen molar-refractivity contribution >= 4 is 23.6 Å². The molecule has 0 fully saturated rings. The van der Waals surface area contributed by atoms with Crippen molar-refractivity contribution in [1.82, 2.24) is 0 Å². The summed E-state index contributed by atoms with van der Waals surface area (Å²) < 4.78 is 5.00. The zero-order valence-electron chi connectivity index (χ0n) is 14.7. The van der Waals surface area contributed by atoms with Crippen molar-refractivity contribution < 1.29 is 19.4 Å². The molecule has 1 amide bonds. The summed E-state index contributed by atoms with van der Waals surface area (Å²) in [5.41, 5.74) is 2.79. The Labute approximate surface area is 151 Å². The fourth-order valence-corrected chi connectivity index (χ4v) is 2.44. The number of rotatable bonds is 5. The summed E-state index contributed by atoms with van der Waals surface area (Å²) in [5.74, 6) is -1.52. The van der Waals surface area contributed by atoms with Crippen LogP contribution in [0.15, 0.2) is 42.0 Å². The number of carboxylic acid groups (broad SMARTS) is 1. The summed E-state index contributed by atoms with van der Waals surface area (Å²) in [7, 11) is 1.37. The highest BCUT2D eigenvalue weighted by Crippen LogP contribution is 2.22. The van der Waals surface area contributed by atoms with Gasteiger partial charge in [-0.15, -0.1) is 0 Å². The van der Waals surface area contributed by atoms with Crippen LogP contribution in [0.3, 0.4) is 0 Å². The van der Waals surface area contributed by atoms with E-state index in [-0.39, 0.29) is 16.9 Å². The maximum Gasteiger partial charge on any atom is 0.339 e. The van der Waals surface area contributed by atoms with Crippen molar-refractivity contribution in [2.75, 3.05) is 12.4 Å². The van der Waals surface area contributed by atoms with Gasteiger partial charge in [-0.05, 0) is 49.2 Å². The van der Waals surface area contributed by atoms with E-state index in [9.17, 15) is 20.0 Å². The van der Waals surface area contributed by atoms with Gasteiger partial charge < -0.3 is 15.2 Å². The molecule has 0 spiro atoms. The first kappa shape index (κ1) is 18.7. The van der Waals surface area contributed by atoms with Crippen molar-refractivity contribution in [2.24, 2.45) is 0 Å². The van der Waals surface area contributed by atoms with Crippen LogP contribution in [-0.2, 0) is 4.79 Å². The Morgan fingerprint density at radius 3 is 2.50 bits per heavy atom. The molecule has 6 nitrogen and oxygen atoms in total. The van der Waals surface area contributed by atoms with Crippen molar-refractivity contribution in [3.63, 3.8) is 0 Å². The second-order valence-electron chi connectivity index (χ2n) is 5.71. The van der Waals surface area contributed by atoms with E-state index in [1.165, 1.54) is 25.3 Å². The van der Waals surface area contributed by atoms with Crippen LogP contribution >= 0.6 is 0 Å². The normalized spacial score (nSPS) is 10.8. The van der Waals surface area contributed by atoms with Crippen LogP contribution < -0.4 is 10.1 Å². The molecule has 0 aliphatic carbocycles. The number of methoxy groups -OCH3 is 1. The molecular formula is C20H18N2O4. The number of hydrogen-bond donors (Lipinski definition) is 2. The number of aromatic carboxylic acids is 1. The summed E-state index contributed by atoms with van der Waals surface area (Å²) in [6, 6.07) is 11.8. The lowest BCUT2D eigenvalue weighted by Gasteiger charge is -2.09. The van der Waals surface area contributed by atoms with Crippen LogP contribution in [-0.4, -0.2) is 24.1 Å². The van der Waals surface area contributed by atoms with Crippen molar-refractivity contribution in [3.8, 4) is 11.8 Å². The molecule has 2 aromatic rings. The van der Waals surface area contributed by atoms with E-state index in [1.807, 2.05) is 32.0 Å². The number of aryl methyl sites for hydroxylation is 2. The maximum absolute atomic E-state index is 12.4. The number of ether oxygens (including phenoxy) is 1. The first-order valence-corrected chi connectivity index (χ1v) is 7.77. The number of carbonyl (C=O) groups is 2. The van der Waals surface area contributed by atoms with Crippen LogP contribution in [0.5, 0.6) is 5.75 Å². The molecule has 0 bridgehead atoms. The first-order chi connectivity index (χ1) is 12.3. The second kappa shape index (κ2) is 7.99. The number of anilines is 1. The van der Waals surface area contributed by atoms with Gasteiger partial charge in [-0.25, -0.2) is 4.79 Å². The number of nitriles is 1. The number of benzene rings is 2. The Morgan fingerprint density at radius 1 is 1.19 bits per heavy atom. The Balaban J connectivity index is 2.32. The van der Waals surface area contributed by atoms with E-state index in [4.69, 9.17) is 4.74 Å². The molecule has 0 aromatic heterocycles. The van der Waals surface area contributed by atoms with Gasteiger partial charge in [0.2, 0.25) is 0 Å². The van der Waals surface area contributed by atoms with Crippen LogP contribution in [0.2, 0.25) is 0 Å². The minimum absolute atomic E-state index is 0.0478. The van der Waals surface area contributed by atoms with E-state index in [1.54, 1.807) is 12.1 Å². The predicted molar refractivity (Wildman–Crippen MR) is 98.1 cm³/mol. The van der Waals surface area contributed by atoms with E-state index < -0.39 is 11.9 Å². The standard InChI is InChI=1S/C20H18N2O4/c1-12-4-6-17(13(2)8-12)22-19(23)15(11-21)9-14-5-7-18(26-3)16(10-14)20(24)25/h4-10H,1-3H3,(H,22,23)(H,24,25)/b15-9+. The van der Waals surface area contributed by atoms with Crippen LogP contribution in [0.4, 0.5) is 5.69 Å². The van der Waals surface area contributed by atoms with Crippen molar-refractivity contribution in [1.29, 1.82) is 5.26 Å². The van der Waals surface area contributed by atoms with Crippen LogP contribution in [0, 0.1) is 25.2 Å². The van der Waals surface area contributed by atoms with E-state index in [2.05, 4.69) is 5.32 Å². The van der Waals surface area contributed by atoms with Gasteiger partial charge in [0.05, 0.1) is 7.11 Å². The third kappa shape index (κ3) is 4.28. The highest BCUT2D eigenvalue weighted by atomic mass is 16.5. The van der Waals surface area contributed by atoms with Gasteiger partial charge in [0.1, 0.15) is 23.0 Å². The van der Waals surface area contributed by atoms with Gasteiger partial charge in [0, 0.05) is 5.69 Å². The van der Waals surface area contributed by atoms with E-state index >= 15 is 0 Å². The van der Waals surface area contributed by atoms with Gasteiger partial charge in [-0.2, -0.15) is 5.26 Å². The minimum Gasteiger partial charge on any atom is -0.496 e. The van der Waals surface area contributed by atoms with Crippen LogP contribution in [0.1, 0.15) is 27.0 Å². The summed E-state index contributed by atoms with van der Waals surface area (Å²) in [6.07, 6.45) is 1.34. The summed E-state index contributed by atoms with van der Waals surface area (Å²) in [4.78, 5) is 23.7. The number of nitrogens with one attached hydrogen (secondary N) is 1. The number of amides is 1. The van der Waals surface area contributed by atoms with Gasteiger partial charge in [-0.3, -0.25) is 4.79 Å². The molecule has 2 aromatic carbocycles. The van der Waals surface area contributed by atoms with Gasteiger partial charge in [0.15, 0.2) is 0 Å². The molecule has 0 aliphatic heterocycles. The Hall–Kier alpha value is -3.59. The molecular weight excluding hydrogens is 332 g/mol. The topological polar surface area (TPSA) is 99.4 Å². The molecule has 6 heteroatoms. The Bertz CT molecular complexity index is 939. The maximum atomic E-state index is 12.4. The molecule has 2 rings (SSSR count). The Kier molecular flexibility index (Phi) is 5.76. The highest BCUT2D eigenvalue weighted by Gasteiger charge is 2.14. The lowest BCUT2D eigenvalue weighted by molar-refractivity contribution is -0.112. The first-order valence-electron chi connectivity index (χ1n) is 7.77. The molecule has 0 saturated heterocycles. The highest BCUT2D eigenvalue weighted by molar-refractivity contribution is 6.10. The lowest BCUT2D eigenvalue weighted by atomic mass is 10.1. The summed E-state index contributed by atoms with van der Waals surface area (Å²) in [5, 5.41) is 21.2. The molecule has 0 heterocycles. The smallest absolute Gasteiger partial charge is 0.339 e. The van der Waals surface area contributed by atoms with Crippen molar-refractivity contribution in [3.05, 3.63) is 64.2 Å². The number of nitrogens with zero attached hydrogens (tertiary/aromatic N) is 1.